The number of hydrogen-bond donors (Lipinski definition) is 2. The average Bonchev–Trinajstić information content (AvgIpc) is 2.38. The number of aryl methyl sites for hydroxylation is 1. The summed E-state index contributed by atoms with van der Waals surface area (Å²) >= 11 is 6.26. The summed E-state index contributed by atoms with van der Waals surface area (Å²) in [5.41, 5.74) is 6.15. The van der Waals surface area contributed by atoms with Crippen molar-refractivity contribution in [2.45, 2.75) is 19.4 Å². The van der Waals surface area contributed by atoms with Gasteiger partial charge in [0, 0.05) is 17.4 Å². The van der Waals surface area contributed by atoms with Crippen LogP contribution in [0.15, 0.2) is 42.7 Å². The Hall–Kier alpha value is -1.42. The molecule has 0 aliphatic heterocycles. The number of nitrogens with one attached hydrogen (secondary N) is 1. The Balaban J connectivity index is 2.23. The number of halogens is 1. The topological polar surface area (TPSA) is 50.9 Å². The Morgan fingerprint density at radius 2 is 2.00 bits per heavy atom. The Morgan fingerprint density at radius 3 is 2.61 bits per heavy atom. The molecular formula is C14H16ClN3. The predicted molar refractivity (Wildman–Crippen MR) is 74.2 cm³/mol. The number of nitrogens with two attached hydrogens (primary N) is 1. The number of nitrogens with zero attached hydrogens (tertiary/aromatic N) is 1. The van der Waals surface area contributed by atoms with Gasteiger partial charge in [0.25, 0.3) is 0 Å². The van der Waals surface area contributed by atoms with E-state index in [0.717, 1.165) is 22.6 Å². The van der Waals surface area contributed by atoms with Crippen molar-refractivity contribution in [3.63, 3.8) is 0 Å². The summed E-state index contributed by atoms with van der Waals surface area (Å²) in [6.07, 6.45) is 4.33. The smallest absolute Gasteiger partial charge is 0.0515 e. The number of pyridine rings is 1. The van der Waals surface area contributed by atoms with E-state index < -0.39 is 0 Å². The molecule has 0 spiro atoms. The molecule has 2 rings (SSSR count). The average molecular weight is 262 g/mol. The predicted octanol–water partition coefficient (Wildman–Crippen LogP) is 2.79. The molecule has 0 fully saturated rings. The van der Waals surface area contributed by atoms with Crippen molar-refractivity contribution in [3.05, 3.63) is 64.4 Å². The fourth-order valence-corrected chi connectivity index (χ4v) is 2.29. The van der Waals surface area contributed by atoms with Gasteiger partial charge in [0.1, 0.15) is 0 Å². The standard InChI is InChI=1S/C14H16ClN3/c1-10-2-3-12(13(15)8-10)14(18-16)9-11-4-6-17-7-5-11/h2-8,14,18H,9,16H2,1H3. The van der Waals surface area contributed by atoms with Crippen LogP contribution in [-0.2, 0) is 6.42 Å². The van der Waals surface area contributed by atoms with Crippen molar-refractivity contribution < 1.29 is 0 Å². The molecule has 0 saturated carbocycles. The third-order valence-electron chi connectivity index (χ3n) is 2.92. The van der Waals surface area contributed by atoms with Crippen molar-refractivity contribution in [2.24, 2.45) is 5.84 Å². The maximum Gasteiger partial charge on any atom is 0.0515 e. The fraction of sp³-hybridized carbons (Fsp3) is 0.214. The lowest BCUT2D eigenvalue weighted by Gasteiger charge is -2.18. The molecule has 4 heteroatoms. The minimum atomic E-state index is 0.000463. The van der Waals surface area contributed by atoms with Gasteiger partial charge in [0.15, 0.2) is 0 Å². The molecule has 3 nitrogen and oxygen atoms in total. The van der Waals surface area contributed by atoms with Crippen molar-refractivity contribution in [1.82, 2.24) is 10.4 Å². The highest BCUT2D eigenvalue weighted by molar-refractivity contribution is 6.31. The first-order valence-corrected chi connectivity index (χ1v) is 6.19. The molecule has 1 aromatic carbocycles. The lowest BCUT2D eigenvalue weighted by Crippen LogP contribution is -2.29. The molecule has 0 aliphatic carbocycles. The zero-order valence-corrected chi connectivity index (χ0v) is 11.0. The summed E-state index contributed by atoms with van der Waals surface area (Å²) in [4.78, 5) is 4.00. The molecule has 0 saturated heterocycles. The summed E-state index contributed by atoms with van der Waals surface area (Å²) in [5.74, 6) is 5.64. The third kappa shape index (κ3) is 3.07. The molecule has 94 valence electrons. The van der Waals surface area contributed by atoms with E-state index in [1.807, 2.05) is 37.3 Å². The van der Waals surface area contributed by atoms with Crippen LogP contribution in [0.5, 0.6) is 0 Å². The number of rotatable bonds is 4. The Bertz CT molecular complexity index is 514. The zero-order valence-electron chi connectivity index (χ0n) is 10.2. The van der Waals surface area contributed by atoms with Crippen molar-refractivity contribution in [1.29, 1.82) is 0 Å². The van der Waals surface area contributed by atoms with E-state index in [4.69, 9.17) is 17.4 Å². The quantitative estimate of drug-likeness (QED) is 0.657. The normalized spacial score (nSPS) is 12.4. The molecule has 0 amide bonds. The summed E-state index contributed by atoms with van der Waals surface area (Å²) in [6, 6.07) is 9.97. The van der Waals surface area contributed by atoms with E-state index in [9.17, 15) is 0 Å². The van der Waals surface area contributed by atoms with Crippen LogP contribution in [0.4, 0.5) is 0 Å². The van der Waals surface area contributed by atoms with Crippen LogP contribution in [0, 0.1) is 6.92 Å². The summed E-state index contributed by atoms with van der Waals surface area (Å²) in [6.45, 7) is 2.02. The maximum atomic E-state index is 6.26. The second kappa shape index (κ2) is 5.96. The minimum absolute atomic E-state index is 0.000463. The largest absolute Gasteiger partial charge is 0.271 e. The Kier molecular flexibility index (Phi) is 4.31. The molecule has 18 heavy (non-hydrogen) atoms. The summed E-state index contributed by atoms with van der Waals surface area (Å²) < 4.78 is 0. The fourth-order valence-electron chi connectivity index (χ4n) is 1.93. The lowest BCUT2D eigenvalue weighted by molar-refractivity contribution is 0.552. The molecular weight excluding hydrogens is 246 g/mol. The molecule has 2 aromatic rings. The highest BCUT2D eigenvalue weighted by atomic mass is 35.5. The Labute approximate surface area is 112 Å². The van der Waals surface area contributed by atoms with Crippen LogP contribution in [0.25, 0.3) is 0 Å². The van der Waals surface area contributed by atoms with E-state index >= 15 is 0 Å². The van der Waals surface area contributed by atoms with Crippen molar-refractivity contribution in [2.75, 3.05) is 0 Å². The maximum absolute atomic E-state index is 6.26. The van der Waals surface area contributed by atoms with Crippen LogP contribution in [0.2, 0.25) is 5.02 Å². The van der Waals surface area contributed by atoms with Gasteiger partial charge in [-0.3, -0.25) is 16.3 Å². The molecule has 0 bridgehead atoms. The Morgan fingerprint density at radius 1 is 1.28 bits per heavy atom. The number of benzene rings is 1. The zero-order chi connectivity index (χ0) is 13.0. The van der Waals surface area contributed by atoms with Crippen molar-refractivity contribution >= 4 is 11.6 Å². The van der Waals surface area contributed by atoms with Gasteiger partial charge in [-0.15, -0.1) is 0 Å². The first kappa shape index (κ1) is 13.0. The first-order valence-electron chi connectivity index (χ1n) is 5.82. The number of hydrogen-bond acceptors (Lipinski definition) is 3. The minimum Gasteiger partial charge on any atom is -0.271 e. The van der Waals surface area contributed by atoms with E-state index in [0.29, 0.717) is 0 Å². The van der Waals surface area contributed by atoms with E-state index in [1.54, 1.807) is 12.4 Å². The summed E-state index contributed by atoms with van der Waals surface area (Å²) in [5, 5.41) is 0.743. The summed E-state index contributed by atoms with van der Waals surface area (Å²) in [7, 11) is 0. The molecule has 1 heterocycles. The van der Waals surface area contributed by atoms with Gasteiger partial charge in [-0.25, -0.2) is 0 Å². The van der Waals surface area contributed by atoms with Crippen LogP contribution in [0.1, 0.15) is 22.7 Å². The molecule has 1 aromatic heterocycles. The molecule has 0 radical (unpaired) electrons. The highest BCUT2D eigenvalue weighted by Crippen LogP contribution is 2.26. The SMILES string of the molecule is Cc1ccc(C(Cc2ccncc2)NN)c(Cl)c1. The van der Waals surface area contributed by atoms with Crippen molar-refractivity contribution in [3.8, 4) is 0 Å². The molecule has 3 N–H and O–H groups in total. The van der Waals surface area contributed by atoms with E-state index in [2.05, 4.69) is 10.4 Å². The molecule has 1 atom stereocenters. The monoisotopic (exact) mass is 261 g/mol. The van der Waals surface area contributed by atoms with Crippen LogP contribution in [0.3, 0.4) is 0 Å². The van der Waals surface area contributed by atoms with Gasteiger partial charge in [-0.05, 0) is 48.2 Å². The van der Waals surface area contributed by atoms with Gasteiger partial charge in [-0.2, -0.15) is 0 Å². The van der Waals surface area contributed by atoms with Gasteiger partial charge in [0.05, 0.1) is 6.04 Å². The van der Waals surface area contributed by atoms with Gasteiger partial charge in [-0.1, -0.05) is 23.7 Å². The van der Waals surface area contributed by atoms with E-state index in [-0.39, 0.29) is 6.04 Å². The van der Waals surface area contributed by atoms with Crippen LogP contribution >= 0.6 is 11.6 Å². The second-order valence-electron chi connectivity index (χ2n) is 4.30. The molecule has 0 aliphatic rings. The van der Waals surface area contributed by atoms with Gasteiger partial charge in [0.2, 0.25) is 0 Å². The second-order valence-corrected chi connectivity index (χ2v) is 4.71. The number of hydrazine groups is 1. The van der Waals surface area contributed by atoms with E-state index in [1.165, 1.54) is 5.56 Å². The van der Waals surface area contributed by atoms with Crippen LogP contribution < -0.4 is 11.3 Å². The molecule has 1 unspecified atom stereocenters. The lowest BCUT2D eigenvalue weighted by atomic mass is 9.99. The third-order valence-corrected chi connectivity index (χ3v) is 3.25. The van der Waals surface area contributed by atoms with Crippen LogP contribution in [-0.4, -0.2) is 4.98 Å². The van der Waals surface area contributed by atoms with Gasteiger partial charge < -0.3 is 0 Å². The number of aromatic nitrogens is 1. The highest BCUT2D eigenvalue weighted by Gasteiger charge is 2.13. The van der Waals surface area contributed by atoms with Gasteiger partial charge >= 0.3 is 0 Å². The first-order chi connectivity index (χ1) is 8.70.